The first-order valence-electron chi connectivity index (χ1n) is 5.34. The molecule has 0 aliphatic carbocycles. The van der Waals surface area contributed by atoms with Gasteiger partial charge in [-0.05, 0) is 12.1 Å². The van der Waals surface area contributed by atoms with Crippen molar-refractivity contribution >= 4 is 28.7 Å². The summed E-state index contributed by atoms with van der Waals surface area (Å²) in [5, 5.41) is 9.37. The van der Waals surface area contributed by atoms with Crippen LogP contribution < -0.4 is 0 Å². The van der Waals surface area contributed by atoms with Gasteiger partial charge in [-0.15, -0.1) is 0 Å². The number of hydrogen-bond acceptors (Lipinski definition) is 4. The average Bonchev–Trinajstić information content (AvgIpc) is 2.81. The smallest absolute Gasteiger partial charge is 0.337 e. The maximum atomic E-state index is 10.9. The number of aromatic nitrogens is 4. The van der Waals surface area contributed by atoms with Gasteiger partial charge in [0.15, 0.2) is 5.65 Å². The van der Waals surface area contributed by atoms with Crippen LogP contribution in [0.3, 0.4) is 0 Å². The summed E-state index contributed by atoms with van der Waals surface area (Å²) in [6.45, 7) is 0. The number of halogens is 1. The number of hydrogen-bond donors (Lipinski definition) is 2. The van der Waals surface area contributed by atoms with Crippen molar-refractivity contribution in [1.29, 1.82) is 0 Å². The number of aromatic carboxylic acids is 1. The highest BCUT2D eigenvalue weighted by molar-refractivity contribution is 6.33. The van der Waals surface area contributed by atoms with Crippen molar-refractivity contribution in [3.63, 3.8) is 0 Å². The van der Waals surface area contributed by atoms with E-state index >= 15 is 0 Å². The number of nitrogens with one attached hydrogen (secondary N) is 1. The molecule has 7 heteroatoms. The first-order valence-corrected chi connectivity index (χ1v) is 5.72. The van der Waals surface area contributed by atoms with Crippen molar-refractivity contribution in [2.45, 2.75) is 0 Å². The second-order valence-electron chi connectivity index (χ2n) is 3.84. The molecule has 94 valence electrons. The first kappa shape index (κ1) is 11.6. The third-order valence-electron chi connectivity index (χ3n) is 2.61. The van der Waals surface area contributed by atoms with Crippen molar-refractivity contribution in [1.82, 2.24) is 19.9 Å². The number of rotatable bonds is 2. The number of carbonyl (C=O) groups is 1. The molecule has 3 heterocycles. The summed E-state index contributed by atoms with van der Waals surface area (Å²) in [6, 6.07) is 3.20. The van der Waals surface area contributed by atoms with E-state index in [0.29, 0.717) is 27.6 Å². The number of carboxylic acids is 1. The lowest BCUT2D eigenvalue weighted by Crippen LogP contribution is -1.96. The van der Waals surface area contributed by atoms with Gasteiger partial charge in [-0.2, -0.15) is 0 Å². The fourth-order valence-corrected chi connectivity index (χ4v) is 1.92. The standard InChI is InChI=1S/C12H7ClN4O2/c13-8-5-14-2-1-7(8)10-16-9-3-6(12(18)19)4-15-11(9)17-10/h1-5H,(H,18,19)(H,15,16,17). The molecule has 3 aromatic heterocycles. The van der Waals surface area contributed by atoms with Gasteiger partial charge in [0.25, 0.3) is 0 Å². The van der Waals surface area contributed by atoms with Crippen LogP contribution in [0, 0.1) is 0 Å². The minimum atomic E-state index is -1.03. The molecule has 0 unspecified atom stereocenters. The predicted octanol–water partition coefficient (Wildman–Crippen LogP) is 2.37. The summed E-state index contributed by atoms with van der Waals surface area (Å²) < 4.78 is 0. The van der Waals surface area contributed by atoms with Crippen LogP contribution in [-0.4, -0.2) is 31.0 Å². The van der Waals surface area contributed by atoms with Gasteiger partial charge in [-0.3, -0.25) is 4.98 Å². The SMILES string of the molecule is O=C(O)c1cnc2nc(-c3ccncc3Cl)[nH]c2c1. The van der Waals surface area contributed by atoms with E-state index in [1.807, 2.05) is 0 Å². The molecule has 0 saturated heterocycles. The molecular formula is C12H7ClN4O2. The Kier molecular flexibility index (Phi) is 2.64. The Morgan fingerprint density at radius 1 is 1.37 bits per heavy atom. The van der Waals surface area contributed by atoms with E-state index in [4.69, 9.17) is 16.7 Å². The zero-order valence-corrected chi connectivity index (χ0v) is 10.2. The van der Waals surface area contributed by atoms with Crippen molar-refractivity contribution in [2.24, 2.45) is 0 Å². The molecule has 0 radical (unpaired) electrons. The fraction of sp³-hybridized carbons (Fsp3) is 0. The van der Waals surface area contributed by atoms with Gasteiger partial charge in [0.1, 0.15) is 5.82 Å². The Morgan fingerprint density at radius 3 is 2.95 bits per heavy atom. The van der Waals surface area contributed by atoms with Gasteiger partial charge < -0.3 is 10.1 Å². The molecule has 0 aromatic carbocycles. The van der Waals surface area contributed by atoms with Crippen LogP contribution in [0.1, 0.15) is 10.4 Å². The minimum absolute atomic E-state index is 0.100. The Balaban J connectivity index is 2.17. The van der Waals surface area contributed by atoms with Crippen LogP contribution >= 0.6 is 11.6 Å². The van der Waals surface area contributed by atoms with Crippen LogP contribution in [0.4, 0.5) is 0 Å². The number of nitrogens with zero attached hydrogens (tertiary/aromatic N) is 3. The average molecular weight is 275 g/mol. The molecule has 3 aromatic rings. The summed E-state index contributed by atoms with van der Waals surface area (Å²) >= 11 is 6.03. The van der Waals surface area contributed by atoms with Gasteiger partial charge in [-0.1, -0.05) is 11.6 Å². The number of pyridine rings is 2. The molecule has 0 bridgehead atoms. The van der Waals surface area contributed by atoms with E-state index in [0.717, 1.165) is 0 Å². The molecule has 0 aliphatic rings. The minimum Gasteiger partial charge on any atom is -0.478 e. The molecule has 0 saturated carbocycles. The summed E-state index contributed by atoms with van der Waals surface area (Å²) in [6.07, 6.45) is 4.38. The van der Waals surface area contributed by atoms with E-state index < -0.39 is 5.97 Å². The van der Waals surface area contributed by atoms with Crippen LogP contribution in [0.25, 0.3) is 22.6 Å². The monoisotopic (exact) mass is 274 g/mol. The van der Waals surface area contributed by atoms with E-state index in [2.05, 4.69) is 19.9 Å². The van der Waals surface area contributed by atoms with E-state index in [1.165, 1.54) is 18.5 Å². The van der Waals surface area contributed by atoms with Crippen molar-refractivity contribution < 1.29 is 9.90 Å². The van der Waals surface area contributed by atoms with Crippen LogP contribution in [-0.2, 0) is 0 Å². The second kappa shape index (κ2) is 4.33. The summed E-state index contributed by atoms with van der Waals surface area (Å²) in [4.78, 5) is 26.0. The number of carboxylic acid groups (broad SMARTS) is 1. The van der Waals surface area contributed by atoms with Gasteiger partial charge in [0, 0.05) is 24.2 Å². The van der Waals surface area contributed by atoms with E-state index in [1.54, 1.807) is 12.3 Å². The molecule has 6 nitrogen and oxygen atoms in total. The number of imidazole rings is 1. The molecule has 0 fully saturated rings. The van der Waals surface area contributed by atoms with Gasteiger partial charge >= 0.3 is 5.97 Å². The molecule has 0 atom stereocenters. The van der Waals surface area contributed by atoms with Crippen molar-refractivity contribution in [3.8, 4) is 11.4 Å². The Morgan fingerprint density at radius 2 is 2.21 bits per heavy atom. The highest BCUT2D eigenvalue weighted by Crippen LogP contribution is 2.25. The number of H-pyrrole nitrogens is 1. The first-order chi connectivity index (χ1) is 9.15. The van der Waals surface area contributed by atoms with Crippen molar-refractivity contribution in [2.75, 3.05) is 0 Å². The largest absolute Gasteiger partial charge is 0.478 e. The van der Waals surface area contributed by atoms with Gasteiger partial charge in [0.2, 0.25) is 0 Å². The Bertz CT molecular complexity index is 784. The molecule has 0 amide bonds. The second-order valence-corrected chi connectivity index (χ2v) is 4.25. The quantitative estimate of drug-likeness (QED) is 0.748. The number of fused-ring (bicyclic) bond motifs is 1. The summed E-state index contributed by atoms with van der Waals surface area (Å²) in [7, 11) is 0. The lowest BCUT2D eigenvalue weighted by molar-refractivity contribution is 0.0696. The molecule has 2 N–H and O–H groups in total. The fourth-order valence-electron chi connectivity index (χ4n) is 1.71. The highest BCUT2D eigenvalue weighted by atomic mass is 35.5. The van der Waals surface area contributed by atoms with Crippen molar-refractivity contribution in [3.05, 3.63) is 41.3 Å². The lowest BCUT2D eigenvalue weighted by Gasteiger charge is -1.97. The number of aromatic amines is 1. The molecule has 3 rings (SSSR count). The van der Waals surface area contributed by atoms with Crippen LogP contribution in [0.15, 0.2) is 30.7 Å². The van der Waals surface area contributed by atoms with Gasteiger partial charge in [-0.25, -0.2) is 14.8 Å². The maximum absolute atomic E-state index is 10.9. The van der Waals surface area contributed by atoms with Gasteiger partial charge in [0.05, 0.1) is 16.1 Å². The normalized spacial score (nSPS) is 10.8. The molecule has 19 heavy (non-hydrogen) atoms. The molecule has 0 spiro atoms. The summed E-state index contributed by atoms with van der Waals surface area (Å²) in [5.41, 5.74) is 1.77. The van der Waals surface area contributed by atoms with Crippen LogP contribution in [0.5, 0.6) is 0 Å². The molecule has 0 aliphatic heterocycles. The van der Waals surface area contributed by atoms with E-state index in [9.17, 15) is 4.79 Å². The predicted molar refractivity (Wildman–Crippen MR) is 69.1 cm³/mol. The maximum Gasteiger partial charge on any atom is 0.337 e. The third-order valence-corrected chi connectivity index (χ3v) is 2.91. The lowest BCUT2D eigenvalue weighted by atomic mass is 10.2. The van der Waals surface area contributed by atoms with E-state index in [-0.39, 0.29) is 5.56 Å². The molecular weight excluding hydrogens is 268 g/mol. The zero-order chi connectivity index (χ0) is 13.4. The third kappa shape index (κ3) is 2.02. The summed E-state index contributed by atoms with van der Waals surface area (Å²) in [5.74, 6) is -0.509. The van der Waals surface area contributed by atoms with Crippen LogP contribution in [0.2, 0.25) is 5.02 Å². The Labute approximate surface area is 112 Å². The highest BCUT2D eigenvalue weighted by Gasteiger charge is 2.11. The zero-order valence-electron chi connectivity index (χ0n) is 9.46. The topological polar surface area (TPSA) is 91.8 Å². The Hall–Kier alpha value is -2.47.